The second-order valence-electron chi connectivity index (χ2n) is 2.76. The van der Waals surface area contributed by atoms with Gasteiger partial charge in [-0.1, -0.05) is 0 Å². The van der Waals surface area contributed by atoms with Crippen molar-refractivity contribution in [2.75, 3.05) is 0 Å². The SMILES string of the molecule is O=C1C(O)[C@H](O)C(O)[C@H](O)[C@H]1O. The third-order valence-corrected chi connectivity index (χ3v) is 1.93. The third kappa shape index (κ3) is 1.23. The van der Waals surface area contributed by atoms with E-state index >= 15 is 0 Å². The van der Waals surface area contributed by atoms with Crippen LogP contribution in [0.5, 0.6) is 0 Å². The minimum atomic E-state index is -1.83. The summed E-state index contributed by atoms with van der Waals surface area (Å²) >= 11 is 0. The molecule has 12 heavy (non-hydrogen) atoms. The number of hydrogen-bond donors (Lipinski definition) is 5. The molecule has 1 rings (SSSR count). The highest BCUT2D eigenvalue weighted by molar-refractivity contribution is 5.89. The van der Waals surface area contributed by atoms with Gasteiger partial charge in [0.2, 0.25) is 0 Å². The Kier molecular flexibility index (Phi) is 2.45. The molecule has 6 heteroatoms. The molecule has 5 N–H and O–H groups in total. The number of hydrogen-bond acceptors (Lipinski definition) is 6. The fourth-order valence-electron chi connectivity index (χ4n) is 1.09. The van der Waals surface area contributed by atoms with Gasteiger partial charge in [-0.3, -0.25) is 4.79 Å². The van der Waals surface area contributed by atoms with E-state index in [4.69, 9.17) is 25.5 Å². The van der Waals surface area contributed by atoms with Crippen LogP contribution in [0.3, 0.4) is 0 Å². The van der Waals surface area contributed by atoms with Crippen molar-refractivity contribution in [3.63, 3.8) is 0 Å². The smallest absolute Gasteiger partial charge is 0.195 e. The summed E-state index contributed by atoms with van der Waals surface area (Å²) in [6, 6.07) is 0. The van der Waals surface area contributed by atoms with Gasteiger partial charge in [0, 0.05) is 0 Å². The Morgan fingerprint density at radius 3 is 1.42 bits per heavy atom. The van der Waals surface area contributed by atoms with Gasteiger partial charge >= 0.3 is 0 Å². The maximum atomic E-state index is 10.8. The highest BCUT2D eigenvalue weighted by Crippen LogP contribution is 2.17. The lowest BCUT2D eigenvalue weighted by molar-refractivity contribution is -0.185. The van der Waals surface area contributed by atoms with Crippen molar-refractivity contribution in [3.05, 3.63) is 0 Å². The van der Waals surface area contributed by atoms with Gasteiger partial charge in [0.15, 0.2) is 5.78 Å². The first-order valence-corrected chi connectivity index (χ1v) is 3.41. The summed E-state index contributed by atoms with van der Waals surface area (Å²) in [6.45, 7) is 0. The van der Waals surface area contributed by atoms with Gasteiger partial charge in [-0.15, -0.1) is 0 Å². The van der Waals surface area contributed by atoms with Gasteiger partial charge < -0.3 is 25.5 Å². The number of ketones is 1. The van der Waals surface area contributed by atoms with Crippen LogP contribution in [0.2, 0.25) is 0 Å². The molecule has 0 radical (unpaired) electrons. The van der Waals surface area contributed by atoms with Crippen LogP contribution in [-0.2, 0) is 4.79 Å². The molecule has 6 nitrogen and oxygen atoms in total. The standard InChI is InChI=1S/C6H10O6/c7-1-2(8)4(10)6(12)5(11)3(1)9/h1-5,7-11H/t1?,2-,3+,4+,5?/m0/s1. The van der Waals surface area contributed by atoms with Gasteiger partial charge in [-0.2, -0.15) is 0 Å². The Hall–Kier alpha value is -0.530. The lowest BCUT2D eigenvalue weighted by Gasteiger charge is -2.34. The van der Waals surface area contributed by atoms with E-state index < -0.39 is 36.3 Å². The summed E-state index contributed by atoms with van der Waals surface area (Å²) < 4.78 is 0. The normalized spacial score (nSPS) is 49.4. The Morgan fingerprint density at radius 2 is 1.08 bits per heavy atom. The average molecular weight is 178 g/mol. The molecule has 0 aromatic rings. The van der Waals surface area contributed by atoms with E-state index in [0.717, 1.165) is 0 Å². The molecule has 1 saturated carbocycles. The van der Waals surface area contributed by atoms with Crippen LogP contribution in [0.15, 0.2) is 0 Å². The maximum Gasteiger partial charge on any atom is 0.195 e. The molecule has 0 saturated heterocycles. The van der Waals surface area contributed by atoms with E-state index in [1.807, 2.05) is 0 Å². The molecular weight excluding hydrogens is 168 g/mol. The van der Waals surface area contributed by atoms with Gasteiger partial charge in [0.1, 0.15) is 30.5 Å². The predicted molar refractivity (Wildman–Crippen MR) is 35.0 cm³/mol. The van der Waals surface area contributed by atoms with Crippen molar-refractivity contribution in [2.24, 2.45) is 0 Å². The monoisotopic (exact) mass is 178 g/mol. The first-order chi connectivity index (χ1) is 5.46. The van der Waals surface area contributed by atoms with Crippen LogP contribution in [0.25, 0.3) is 0 Å². The molecule has 1 aliphatic rings. The van der Waals surface area contributed by atoms with Crippen molar-refractivity contribution >= 4 is 5.78 Å². The Labute approximate surface area is 67.7 Å². The van der Waals surface area contributed by atoms with Crippen molar-refractivity contribution in [1.29, 1.82) is 0 Å². The van der Waals surface area contributed by atoms with Gasteiger partial charge in [-0.05, 0) is 0 Å². The first kappa shape index (κ1) is 9.56. The fraction of sp³-hybridized carbons (Fsp3) is 0.833. The summed E-state index contributed by atoms with van der Waals surface area (Å²) in [6.07, 6.45) is -8.85. The van der Waals surface area contributed by atoms with Gasteiger partial charge in [0.25, 0.3) is 0 Å². The number of rotatable bonds is 0. The van der Waals surface area contributed by atoms with Crippen molar-refractivity contribution in [1.82, 2.24) is 0 Å². The van der Waals surface area contributed by atoms with Crippen LogP contribution in [0.1, 0.15) is 0 Å². The first-order valence-electron chi connectivity index (χ1n) is 3.41. The second-order valence-corrected chi connectivity index (χ2v) is 2.76. The zero-order valence-electron chi connectivity index (χ0n) is 6.03. The number of aliphatic hydroxyl groups is 5. The predicted octanol–water partition coefficient (Wildman–Crippen LogP) is -3.63. The Balaban J connectivity index is 2.83. The van der Waals surface area contributed by atoms with Crippen LogP contribution in [-0.4, -0.2) is 61.8 Å². The molecule has 0 spiro atoms. The molecule has 2 unspecified atom stereocenters. The summed E-state index contributed by atoms with van der Waals surface area (Å²) in [5.41, 5.74) is 0. The highest BCUT2D eigenvalue weighted by Gasteiger charge is 2.47. The topological polar surface area (TPSA) is 118 Å². The average Bonchev–Trinajstić information content (AvgIpc) is 2.08. The summed E-state index contributed by atoms with van der Waals surface area (Å²) in [5, 5.41) is 44.5. The van der Waals surface area contributed by atoms with Crippen molar-refractivity contribution < 1.29 is 30.3 Å². The fourth-order valence-corrected chi connectivity index (χ4v) is 1.09. The lowest BCUT2D eigenvalue weighted by atomic mass is 9.86. The molecular formula is C6H10O6. The van der Waals surface area contributed by atoms with E-state index in [2.05, 4.69) is 0 Å². The number of carbonyl (C=O) groups is 1. The van der Waals surface area contributed by atoms with Crippen molar-refractivity contribution in [2.45, 2.75) is 30.5 Å². The Bertz CT molecular complexity index is 174. The van der Waals surface area contributed by atoms with Crippen LogP contribution >= 0.6 is 0 Å². The molecule has 0 heterocycles. The summed E-state index contributed by atoms with van der Waals surface area (Å²) in [4.78, 5) is 10.8. The molecule has 70 valence electrons. The van der Waals surface area contributed by atoms with E-state index in [1.54, 1.807) is 0 Å². The minimum absolute atomic E-state index is 1.08. The van der Waals surface area contributed by atoms with Crippen LogP contribution in [0, 0.1) is 0 Å². The quantitative estimate of drug-likeness (QED) is 0.261. The zero-order valence-corrected chi connectivity index (χ0v) is 6.03. The van der Waals surface area contributed by atoms with E-state index in [-0.39, 0.29) is 0 Å². The maximum absolute atomic E-state index is 10.8. The van der Waals surface area contributed by atoms with Crippen molar-refractivity contribution in [3.8, 4) is 0 Å². The van der Waals surface area contributed by atoms with Gasteiger partial charge in [0.05, 0.1) is 0 Å². The summed E-state index contributed by atoms with van der Waals surface area (Å²) in [5.74, 6) is -1.08. The third-order valence-electron chi connectivity index (χ3n) is 1.93. The Morgan fingerprint density at radius 1 is 0.750 bits per heavy atom. The van der Waals surface area contributed by atoms with Crippen LogP contribution < -0.4 is 0 Å². The highest BCUT2D eigenvalue weighted by atomic mass is 16.4. The number of aliphatic hydroxyl groups excluding tert-OH is 5. The van der Waals surface area contributed by atoms with Crippen LogP contribution in [0.4, 0.5) is 0 Å². The van der Waals surface area contributed by atoms with E-state index in [0.29, 0.717) is 0 Å². The van der Waals surface area contributed by atoms with E-state index in [9.17, 15) is 4.79 Å². The van der Waals surface area contributed by atoms with E-state index in [1.165, 1.54) is 0 Å². The molecule has 0 aromatic heterocycles. The zero-order chi connectivity index (χ0) is 9.46. The minimum Gasteiger partial charge on any atom is -0.387 e. The number of carbonyl (C=O) groups excluding carboxylic acids is 1. The lowest BCUT2D eigenvalue weighted by Crippen LogP contribution is -2.61. The molecule has 0 aliphatic heterocycles. The molecule has 1 fully saturated rings. The largest absolute Gasteiger partial charge is 0.387 e. The van der Waals surface area contributed by atoms with Gasteiger partial charge in [-0.25, -0.2) is 0 Å². The molecule has 5 atom stereocenters. The second kappa shape index (κ2) is 3.08. The molecule has 0 amide bonds. The summed E-state index contributed by atoms with van der Waals surface area (Å²) in [7, 11) is 0. The molecule has 1 aliphatic carbocycles. The molecule has 0 bridgehead atoms. The molecule has 0 aromatic carbocycles. The number of Topliss-reactive ketones (excluding diaryl/α,β-unsaturated/α-hetero) is 1.